The van der Waals surface area contributed by atoms with Gasteiger partial charge >= 0.3 is 0 Å². The van der Waals surface area contributed by atoms with E-state index in [0.29, 0.717) is 4.77 Å². The summed E-state index contributed by atoms with van der Waals surface area (Å²) in [5.74, 6) is 0.977. The van der Waals surface area contributed by atoms with Crippen LogP contribution in [0.15, 0.2) is 40.9 Å². The highest BCUT2D eigenvalue weighted by molar-refractivity contribution is 9.10. The van der Waals surface area contributed by atoms with Gasteiger partial charge in [0.1, 0.15) is 5.82 Å². The van der Waals surface area contributed by atoms with Crippen LogP contribution in [0, 0.1) is 4.77 Å². The molecule has 0 spiro atoms. The molecule has 0 atom stereocenters. The van der Waals surface area contributed by atoms with E-state index in [9.17, 15) is 0 Å². The second kappa shape index (κ2) is 5.50. The lowest BCUT2D eigenvalue weighted by atomic mass is 10.1. The zero-order chi connectivity index (χ0) is 14.1. The van der Waals surface area contributed by atoms with Crippen molar-refractivity contribution in [2.75, 3.05) is 0 Å². The molecule has 1 heterocycles. The van der Waals surface area contributed by atoms with Crippen LogP contribution in [0.2, 0.25) is 0 Å². The molecule has 3 nitrogen and oxygen atoms in total. The molecule has 2 aromatic carbocycles. The zero-order valence-electron chi connectivity index (χ0n) is 11.1. The molecule has 0 saturated carbocycles. The summed E-state index contributed by atoms with van der Waals surface area (Å²) in [5.41, 5.74) is 1.08. The Morgan fingerprint density at radius 2 is 1.95 bits per heavy atom. The van der Waals surface area contributed by atoms with Crippen molar-refractivity contribution in [3.05, 3.63) is 51.5 Å². The number of fused-ring (bicyclic) bond motifs is 1. The van der Waals surface area contributed by atoms with Crippen LogP contribution < -0.4 is 0 Å². The number of hydrogen-bond acceptors (Lipinski definition) is 2. The first-order valence-electron chi connectivity index (χ1n) is 6.56. The highest BCUT2D eigenvalue weighted by Crippen LogP contribution is 2.29. The fourth-order valence-electron chi connectivity index (χ4n) is 2.41. The van der Waals surface area contributed by atoms with Crippen molar-refractivity contribution in [1.29, 1.82) is 0 Å². The monoisotopic (exact) mass is 347 g/mol. The molecule has 3 rings (SSSR count). The number of rotatable bonds is 3. The SMILES string of the molecule is CCCc1n[nH]c(=S)n1-c1ccc(Br)c2ccccc12. The van der Waals surface area contributed by atoms with Crippen molar-refractivity contribution in [2.24, 2.45) is 0 Å². The van der Waals surface area contributed by atoms with Gasteiger partial charge in [0.2, 0.25) is 0 Å². The molecule has 0 aliphatic heterocycles. The number of aryl methyl sites for hydroxylation is 1. The van der Waals surface area contributed by atoms with E-state index in [1.807, 2.05) is 16.7 Å². The van der Waals surface area contributed by atoms with Gasteiger partial charge in [0, 0.05) is 16.3 Å². The average Bonchev–Trinajstić information content (AvgIpc) is 2.82. The molecule has 1 aromatic heterocycles. The van der Waals surface area contributed by atoms with Crippen LogP contribution in [0.1, 0.15) is 19.2 Å². The molecular formula is C15H14BrN3S. The second-order valence-electron chi connectivity index (χ2n) is 4.64. The molecule has 0 fully saturated rings. The summed E-state index contributed by atoms with van der Waals surface area (Å²) >= 11 is 9.00. The molecule has 102 valence electrons. The summed E-state index contributed by atoms with van der Waals surface area (Å²) in [4.78, 5) is 0. The molecule has 0 bridgehead atoms. The van der Waals surface area contributed by atoms with E-state index in [0.717, 1.165) is 34.2 Å². The quantitative estimate of drug-likeness (QED) is 0.690. The van der Waals surface area contributed by atoms with Crippen LogP contribution in [-0.2, 0) is 6.42 Å². The van der Waals surface area contributed by atoms with Crippen LogP contribution >= 0.6 is 28.1 Å². The molecule has 1 N–H and O–H groups in total. The van der Waals surface area contributed by atoms with Crippen molar-refractivity contribution in [3.8, 4) is 5.69 Å². The molecule has 0 aliphatic rings. The summed E-state index contributed by atoms with van der Waals surface area (Å²) in [6.45, 7) is 2.14. The van der Waals surface area contributed by atoms with Gasteiger partial charge in [0.15, 0.2) is 4.77 Å². The summed E-state index contributed by atoms with van der Waals surface area (Å²) in [6, 6.07) is 12.4. The number of hydrogen-bond donors (Lipinski definition) is 1. The van der Waals surface area contributed by atoms with E-state index in [1.54, 1.807) is 0 Å². The Labute approximate surface area is 130 Å². The number of aromatic amines is 1. The predicted octanol–water partition coefficient (Wildman–Crippen LogP) is 4.80. The van der Waals surface area contributed by atoms with E-state index >= 15 is 0 Å². The smallest absolute Gasteiger partial charge is 0.199 e. The highest BCUT2D eigenvalue weighted by atomic mass is 79.9. The highest BCUT2D eigenvalue weighted by Gasteiger charge is 2.11. The van der Waals surface area contributed by atoms with E-state index in [2.05, 4.69) is 57.3 Å². The first-order chi connectivity index (χ1) is 9.72. The van der Waals surface area contributed by atoms with E-state index in [4.69, 9.17) is 12.2 Å². The van der Waals surface area contributed by atoms with Crippen LogP contribution in [-0.4, -0.2) is 14.8 Å². The third kappa shape index (κ3) is 2.21. The zero-order valence-corrected chi connectivity index (χ0v) is 13.5. The first-order valence-corrected chi connectivity index (χ1v) is 7.76. The average molecular weight is 348 g/mol. The predicted molar refractivity (Wildman–Crippen MR) is 87.9 cm³/mol. The fraction of sp³-hybridized carbons (Fsp3) is 0.200. The molecule has 0 amide bonds. The number of H-pyrrole nitrogens is 1. The number of halogens is 1. The number of aromatic nitrogens is 3. The topological polar surface area (TPSA) is 33.6 Å². The Kier molecular flexibility index (Phi) is 3.72. The van der Waals surface area contributed by atoms with Crippen LogP contribution in [0.25, 0.3) is 16.5 Å². The molecule has 0 aliphatic carbocycles. The largest absolute Gasteiger partial charge is 0.272 e. The van der Waals surface area contributed by atoms with Crippen molar-refractivity contribution in [3.63, 3.8) is 0 Å². The van der Waals surface area contributed by atoms with E-state index in [1.165, 1.54) is 5.39 Å². The number of benzene rings is 2. The minimum Gasteiger partial charge on any atom is -0.272 e. The van der Waals surface area contributed by atoms with Gasteiger partial charge in [0.25, 0.3) is 0 Å². The van der Waals surface area contributed by atoms with Gasteiger partial charge in [-0.1, -0.05) is 47.1 Å². The number of nitrogens with zero attached hydrogens (tertiary/aromatic N) is 2. The Morgan fingerprint density at radius 1 is 1.20 bits per heavy atom. The molecular weight excluding hydrogens is 334 g/mol. The van der Waals surface area contributed by atoms with Gasteiger partial charge in [-0.2, -0.15) is 5.10 Å². The lowest BCUT2D eigenvalue weighted by Gasteiger charge is -2.11. The third-order valence-electron chi connectivity index (χ3n) is 3.30. The molecule has 3 aromatic rings. The van der Waals surface area contributed by atoms with Crippen molar-refractivity contribution in [2.45, 2.75) is 19.8 Å². The Bertz CT molecular complexity index is 819. The Balaban J connectivity index is 2.33. The van der Waals surface area contributed by atoms with Crippen LogP contribution in [0.3, 0.4) is 0 Å². The van der Waals surface area contributed by atoms with Gasteiger partial charge < -0.3 is 0 Å². The minimum absolute atomic E-state index is 0.640. The summed E-state index contributed by atoms with van der Waals surface area (Å²) in [7, 11) is 0. The molecule has 20 heavy (non-hydrogen) atoms. The van der Waals surface area contributed by atoms with Gasteiger partial charge in [-0.15, -0.1) is 0 Å². The standard InChI is InChI=1S/C15H14BrN3S/c1-2-5-14-17-18-15(20)19(14)13-9-8-12(16)10-6-3-4-7-11(10)13/h3-4,6-9H,2,5H2,1H3,(H,18,20). The van der Waals surface area contributed by atoms with Crippen molar-refractivity contribution < 1.29 is 0 Å². The molecule has 0 radical (unpaired) electrons. The van der Waals surface area contributed by atoms with Crippen LogP contribution in [0.4, 0.5) is 0 Å². The van der Waals surface area contributed by atoms with Crippen molar-refractivity contribution in [1.82, 2.24) is 14.8 Å². The summed E-state index contributed by atoms with van der Waals surface area (Å²) < 4.78 is 3.76. The van der Waals surface area contributed by atoms with E-state index < -0.39 is 0 Å². The van der Waals surface area contributed by atoms with Crippen molar-refractivity contribution >= 4 is 38.9 Å². The molecule has 5 heteroatoms. The second-order valence-corrected chi connectivity index (χ2v) is 5.88. The number of nitrogens with one attached hydrogen (secondary N) is 1. The lowest BCUT2D eigenvalue weighted by Crippen LogP contribution is -2.02. The lowest BCUT2D eigenvalue weighted by molar-refractivity contribution is 0.803. The van der Waals surface area contributed by atoms with Crippen LogP contribution in [0.5, 0.6) is 0 Å². The summed E-state index contributed by atoms with van der Waals surface area (Å²) in [6.07, 6.45) is 1.94. The van der Waals surface area contributed by atoms with Gasteiger partial charge in [0.05, 0.1) is 5.69 Å². The van der Waals surface area contributed by atoms with Gasteiger partial charge in [-0.05, 0) is 36.2 Å². The third-order valence-corrected chi connectivity index (χ3v) is 4.27. The normalized spacial score (nSPS) is 11.1. The maximum absolute atomic E-state index is 5.40. The molecule has 0 unspecified atom stereocenters. The summed E-state index contributed by atoms with van der Waals surface area (Å²) in [5, 5.41) is 9.59. The van der Waals surface area contributed by atoms with Gasteiger partial charge in [-0.25, -0.2) is 0 Å². The molecule has 0 saturated heterocycles. The van der Waals surface area contributed by atoms with E-state index in [-0.39, 0.29) is 0 Å². The Morgan fingerprint density at radius 3 is 2.70 bits per heavy atom. The maximum atomic E-state index is 5.40. The van der Waals surface area contributed by atoms with Gasteiger partial charge in [-0.3, -0.25) is 9.67 Å². The first kappa shape index (κ1) is 13.5. The minimum atomic E-state index is 0.640. The fourth-order valence-corrected chi connectivity index (χ4v) is 3.14. The Hall–Kier alpha value is -1.46. The maximum Gasteiger partial charge on any atom is 0.199 e.